The topological polar surface area (TPSA) is 106 Å². The van der Waals surface area contributed by atoms with Gasteiger partial charge in [-0.25, -0.2) is 10.2 Å². The number of carbonyl (C=O) groups excluding carboxylic acids is 3. The minimum atomic E-state index is -1.00. The summed E-state index contributed by atoms with van der Waals surface area (Å²) in [6.45, 7) is 2.39. The van der Waals surface area contributed by atoms with Crippen LogP contribution < -0.4 is 20.2 Å². The molecule has 8 nitrogen and oxygen atoms in total. The van der Waals surface area contributed by atoms with Crippen LogP contribution in [0.15, 0.2) is 76.3 Å². The number of nitrogens with one attached hydrogen (secondary N) is 2. The Morgan fingerprint density at radius 3 is 2.47 bits per heavy atom. The number of carbonyl (C=O) groups is 3. The molecule has 10 heteroatoms. The summed E-state index contributed by atoms with van der Waals surface area (Å²) in [6, 6.07) is 17.9. The maximum Gasteiger partial charge on any atom is 0.343 e. The van der Waals surface area contributed by atoms with Crippen molar-refractivity contribution in [2.75, 3.05) is 11.9 Å². The second-order valence-corrected chi connectivity index (χ2v) is 7.99. The fraction of sp³-hybridized carbons (Fsp3) is 0.0833. The van der Waals surface area contributed by atoms with Crippen molar-refractivity contribution >= 4 is 57.2 Å². The number of anilines is 1. The fourth-order valence-corrected chi connectivity index (χ4v) is 3.24. The zero-order valence-corrected chi connectivity index (χ0v) is 20.2. The molecule has 0 atom stereocenters. The van der Waals surface area contributed by atoms with Crippen LogP contribution in [0, 0.1) is 0 Å². The first-order valence-electron chi connectivity index (χ1n) is 10.0. The fourth-order valence-electron chi connectivity index (χ4n) is 2.68. The summed E-state index contributed by atoms with van der Waals surface area (Å²) in [5.41, 5.74) is 3.14. The average Bonchev–Trinajstić information content (AvgIpc) is 2.82. The molecule has 0 bridgehead atoms. The molecular weight excluding hydrogens is 526 g/mol. The number of nitrogens with zero attached hydrogens (tertiary/aromatic N) is 1. The van der Waals surface area contributed by atoms with Crippen molar-refractivity contribution in [1.29, 1.82) is 0 Å². The highest BCUT2D eigenvalue weighted by atomic mass is 79.9. The first-order chi connectivity index (χ1) is 16.4. The number of esters is 1. The molecule has 174 valence electrons. The Labute approximate surface area is 209 Å². The summed E-state index contributed by atoms with van der Waals surface area (Å²) in [7, 11) is 0. The number of rotatable bonds is 7. The predicted molar refractivity (Wildman–Crippen MR) is 133 cm³/mol. The smallest absolute Gasteiger partial charge is 0.343 e. The van der Waals surface area contributed by atoms with Crippen LogP contribution in [-0.4, -0.2) is 30.6 Å². The number of ether oxygens (including phenoxy) is 2. The number of amides is 2. The van der Waals surface area contributed by atoms with Crippen molar-refractivity contribution in [1.82, 2.24) is 5.43 Å². The Hall–Kier alpha value is -3.69. The number of hydrogen-bond donors (Lipinski definition) is 2. The number of para-hydroxylation sites is 1. The molecular formula is C24H19BrClN3O5. The van der Waals surface area contributed by atoms with E-state index in [1.165, 1.54) is 6.21 Å². The molecule has 3 aromatic carbocycles. The highest BCUT2D eigenvalue weighted by Gasteiger charge is 2.15. The van der Waals surface area contributed by atoms with Gasteiger partial charge in [0.25, 0.3) is 0 Å². The minimum Gasteiger partial charge on any atom is -0.494 e. The van der Waals surface area contributed by atoms with Gasteiger partial charge < -0.3 is 14.8 Å². The molecule has 0 aliphatic carbocycles. The summed E-state index contributed by atoms with van der Waals surface area (Å²) in [5.74, 6) is -1.67. The summed E-state index contributed by atoms with van der Waals surface area (Å²) < 4.78 is 11.5. The van der Waals surface area contributed by atoms with Crippen LogP contribution in [0.4, 0.5) is 5.69 Å². The summed E-state index contributed by atoms with van der Waals surface area (Å²) >= 11 is 9.31. The lowest BCUT2D eigenvalue weighted by Gasteiger charge is -2.09. The van der Waals surface area contributed by atoms with E-state index >= 15 is 0 Å². The second kappa shape index (κ2) is 12.0. The monoisotopic (exact) mass is 543 g/mol. The first kappa shape index (κ1) is 24.9. The summed E-state index contributed by atoms with van der Waals surface area (Å²) in [5, 5.41) is 6.48. The molecule has 0 spiro atoms. The molecule has 0 saturated carbocycles. The van der Waals surface area contributed by atoms with E-state index in [0.717, 1.165) is 0 Å². The molecule has 0 fully saturated rings. The molecule has 0 aromatic heterocycles. The second-order valence-electron chi connectivity index (χ2n) is 6.66. The van der Waals surface area contributed by atoms with Crippen LogP contribution in [0.5, 0.6) is 11.5 Å². The quantitative estimate of drug-likeness (QED) is 0.146. The van der Waals surface area contributed by atoms with Crippen molar-refractivity contribution in [3.8, 4) is 11.5 Å². The first-order valence-corrected chi connectivity index (χ1v) is 11.2. The van der Waals surface area contributed by atoms with Gasteiger partial charge >= 0.3 is 17.8 Å². The highest BCUT2D eigenvalue weighted by molar-refractivity contribution is 9.10. The van der Waals surface area contributed by atoms with Gasteiger partial charge in [-0.3, -0.25) is 9.59 Å². The molecule has 34 heavy (non-hydrogen) atoms. The van der Waals surface area contributed by atoms with E-state index in [0.29, 0.717) is 38.7 Å². The molecule has 0 aliphatic rings. The van der Waals surface area contributed by atoms with Crippen LogP contribution in [0.25, 0.3) is 0 Å². The lowest BCUT2D eigenvalue weighted by molar-refractivity contribution is -0.136. The zero-order chi connectivity index (χ0) is 24.5. The van der Waals surface area contributed by atoms with Gasteiger partial charge in [0.1, 0.15) is 11.5 Å². The van der Waals surface area contributed by atoms with Crippen LogP contribution >= 0.6 is 27.5 Å². The van der Waals surface area contributed by atoms with Crippen molar-refractivity contribution in [2.45, 2.75) is 6.92 Å². The van der Waals surface area contributed by atoms with Gasteiger partial charge in [-0.2, -0.15) is 5.10 Å². The third-order valence-corrected chi connectivity index (χ3v) is 5.10. The lowest BCUT2D eigenvalue weighted by Crippen LogP contribution is -2.32. The molecule has 0 unspecified atom stereocenters. The predicted octanol–water partition coefficient (Wildman–Crippen LogP) is 4.81. The van der Waals surface area contributed by atoms with E-state index < -0.39 is 17.8 Å². The van der Waals surface area contributed by atoms with Gasteiger partial charge in [-0.05, 0) is 61.5 Å². The molecule has 0 radical (unpaired) electrons. The molecule has 0 aliphatic heterocycles. The third kappa shape index (κ3) is 6.90. The lowest BCUT2D eigenvalue weighted by atomic mass is 10.2. The van der Waals surface area contributed by atoms with Crippen molar-refractivity contribution in [3.05, 3.63) is 87.4 Å². The highest BCUT2D eigenvalue weighted by Crippen LogP contribution is 2.23. The maximum atomic E-state index is 12.5. The Morgan fingerprint density at radius 1 is 1.03 bits per heavy atom. The van der Waals surface area contributed by atoms with Crippen LogP contribution in [-0.2, 0) is 9.59 Å². The van der Waals surface area contributed by atoms with Crippen LogP contribution in [0.1, 0.15) is 22.8 Å². The van der Waals surface area contributed by atoms with Crippen molar-refractivity contribution in [3.63, 3.8) is 0 Å². The van der Waals surface area contributed by atoms with Crippen LogP contribution in [0.3, 0.4) is 0 Å². The molecule has 3 rings (SSSR count). The Kier molecular flexibility index (Phi) is 8.78. The Balaban J connectivity index is 1.66. The average molecular weight is 545 g/mol. The minimum absolute atomic E-state index is 0.209. The Bertz CT molecular complexity index is 1230. The van der Waals surface area contributed by atoms with Crippen LogP contribution in [0.2, 0.25) is 5.02 Å². The number of hydrogen-bond acceptors (Lipinski definition) is 6. The van der Waals surface area contributed by atoms with Crippen molar-refractivity contribution in [2.24, 2.45) is 5.10 Å². The van der Waals surface area contributed by atoms with Gasteiger partial charge in [0.05, 0.1) is 29.1 Å². The van der Waals surface area contributed by atoms with E-state index in [4.69, 9.17) is 21.1 Å². The van der Waals surface area contributed by atoms with E-state index in [-0.39, 0.29) is 5.75 Å². The molecule has 2 N–H and O–H groups in total. The maximum absolute atomic E-state index is 12.5. The van der Waals surface area contributed by atoms with E-state index in [9.17, 15) is 14.4 Å². The van der Waals surface area contributed by atoms with Gasteiger partial charge in [0.2, 0.25) is 0 Å². The number of hydrazone groups is 1. The molecule has 0 heterocycles. The van der Waals surface area contributed by atoms with Gasteiger partial charge in [-0.1, -0.05) is 39.7 Å². The molecule has 0 saturated heterocycles. The van der Waals surface area contributed by atoms with E-state index in [1.54, 1.807) is 66.7 Å². The zero-order valence-electron chi connectivity index (χ0n) is 17.9. The normalized spacial score (nSPS) is 10.6. The number of halogens is 2. The standard InChI is InChI=1S/C24H19BrClN3O5/c1-2-33-18-10-7-15(8-11-18)24(32)34-21-12-9-17(25)13-16(21)14-27-29-23(31)22(30)28-20-6-4-3-5-19(20)26/h3-14H,2H2,1H3,(H,28,30)(H,29,31)/b27-14-. The Morgan fingerprint density at radius 2 is 1.76 bits per heavy atom. The van der Waals surface area contributed by atoms with E-state index in [2.05, 4.69) is 31.8 Å². The SMILES string of the molecule is CCOc1ccc(C(=O)Oc2ccc(Br)cc2/C=N\NC(=O)C(=O)Nc2ccccc2Cl)cc1. The summed E-state index contributed by atoms with van der Waals surface area (Å²) in [4.78, 5) is 36.6. The van der Waals surface area contributed by atoms with E-state index in [1.807, 2.05) is 6.92 Å². The number of benzene rings is 3. The van der Waals surface area contributed by atoms with Gasteiger partial charge in [0, 0.05) is 10.0 Å². The van der Waals surface area contributed by atoms with Crippen molar-refractivity contribution < 1.29 is 23.9 Å². The van der Waals surface area contributed by atoms with Gasteiger partial charge in [-0.15, -0.1) is 0 Å². The molecule has 2 amide bonds. The third-order valence-electron chi connectivity index (χ3n) is 4.27. The largest absolute Gasteiger partial charge is 0.494 e. The molecule has 3 aromatic rings. The summed E-state index contributed by atoms with van der Waals surface area (Å²) in [6.07, 6.45) is 1.26. The van der Waals surface area contributed by atoms with Gasteiger partial charge in [0.15, 0.2) is 0 Å².